The van der Waals surface area contributed by atoms with Gasteiger partial charge in [0, 0.05) is 5.56 Å². The maximum atomic E-state index is 12.9. The maximum absolute atomic E-state index is 12.9. The number of carbonyl (C=O) groups excluding carboxylic acids is 1. The van der Waals surface area contributed by atoms with Crippen molar-refractivity contribution in [3.05, 3.63) is 52.7 Å². The standard InChI is InChI=1S/C13H7ClF3NO/c14-10-5-6-11(18-12(10)7-19)8-3-1-2-4-9(8)13(15,16)17/h1-7H. The number of carbonyl (C=O) groups is 1. The third-order valence-corrected chi connectivity index (χ3v) is 2.81. The van der Waals surface area contributed by atoms with Crippen LogP contribution in [0.15, 0.2) is 36.4 Å². The van der Waals surface area contributed by atoms with Crippen LogP contribution in [0.2, 0.25) is 5.02 Å². The van der Waals surface area contributed by atoms with Gasteiger partial charge in [-0.1, -0.05) is 29.8 Å². The molecular formula is C13H7ClF3NO. The van der Waals surface area contributed by atoms with Crippen LogP contribution in [0, 0.1) is 0 Å². The van der Waals surface area contributed by atoms with Crippen molar-refractivity contribution >= 4 is 17.9 Å². The van der Waals surface area contributed by atoms with Crippen LogP contribution in [0.25, 0.3) is 11.3 Å². The number of alkyl halides is 3. The largest absolute Gasteiger partial charge is 0.417 e. The second kappa shape index (κ2) is 5.01. The van der Waals surface area contributed by atoms with Crippen LogP contribution in [-0.4, -0.2) is 11.3 Å². The molecule has 0 radical (unpaired) electrons. The van der Waals surface area contributed by atoms with Crippen molar-refractivity contribution in [1.29, 1.82) is 0 Å². The molecular weight excluding hydrogens is 279 g/mol. The van der Waals surface area contributed by atoms with Crippen LogP contribution in [0.4, 0.5) is 13.2 Å². The highest BCUT2D eigenvalue weighted by atomic mass is 35.5. The fraction of sp³-hybridized carbons (Fsp3) is 0.0769. The molecule has 1 heterocycles. The predicted molar refractivity (Wildman–Crippen MR) is 65.1 cm³/mol. The third-order valence-electron chi connectivity index (χ3n) is 2.49. The Morgan fingerprint density at radius 1 is 1.11 bits per heavy atom. The van der Waals surface area contributed by atoms with E-state index >= 15 is 0 Å². The van der Waals surface area contributed by atoms with E-state index in [-0.39, 0.29) is 22.0 Å². The minimum absolute atomic E-state index is 0.0550. The molecule has 98 valence electrons. The van der Waals surface area contributed by atoms with Gasteiger partial charge in [0.1, 0.15) is 5.69 Å². The highest BCUT2D eigenvalue weighted by Crippen LogP contribution is 2.36. The molecule has 1 aromatic heterocycles. The van der Waals surface area contributed by atoms with Gasteiger partial charge in [0.2, 0.25) is 0 Å². The second-order valence-electron chi connectivity index (χ2n) is 3.72. The smallest absolute Gasteiger partial charge is 0.296 e. The maximum Gasteiger partial charge on any atom is 0.417 e. The van der Waals surface area contributed by atoms with E-state index in [1.165, 1.54) is 30.3 Å². The van der Waals surface area contributed by atoms with Crippen molar-refractivity contribution in [2.75, 3.05) is 0 Å². The van der Waals surface area contributed by atoms with E-state index in [1.807, 2.05) is 0 Å². The first-order valence-electron chi connectivity index (χ1n) is 5.22. The van der Waals surface area contributed by atoms with Crippen molar-refractivity contribution in [3.63, 3.8) is 0 Å². The van der Waals surface area contributed by atoms with Crippen molar-refractivity contribution in [2.45, 2.75) is 6.18 Å². The lowest BCUT2D eigenvalue weighted by molar-refractivity contribution is -0.137. The van der Waals surface area contributed by atoms with Crippen molar-refractivity contribution in [3.8, 4) is 11.3 Å². The lowest BCUT2D eigenvalue weighted by Gasteiger charge is -2.12. The monoisotopic (exact) mass is 285 g/mol. The Balaban J connectivity index is 2.63. The zero-order valence-electron chi connectivity index (χ0n) is 9.41. The summed E-state index contributed by atoms with van der Waals surface area (Å²) in [5.41, 5.74) is -0.924. The van der Waals surface area contributed by atoms with Crippen LogP contribution >= 0.6 is 11.6 Å². The predicted octanol–water partition coefficient (Wildman–Crippen LogP) is 4.23. The summed E-state index contributed by atoms with van der Waals surface area (Å²) in [6.07, 6.45) is -4.08. The van der Waals surface area contributed by atoms with E-state index in [1.54, 1.807) is 0 Å². The van der Waals surface area contributed by atoms with Gasteiger partial charge in [-0.3, -0.25) is 4.79 Å². The van der Waals surface area contributed by atoms with E-state index in [2.05, 4.69) is 4.98 Å². The number of nitrogens with zero attached hydrogens (tertiary/aromatic N) is 1. The molecule has 2 rings (SSSR count). The zero-order chi connectivity index (χ0) is 14.0. The average molecular weight is 286 g/mol. The van der Waals surface area contributed by atoms with E-state index in [0.717, 1.165) is 6.07 Å². The van der Waals surface area contributed by atoms with E-state index in [4.69, 9.17) is 11.6 Å². The van der Waals surface area contributed by atoms with Gasteiger partial charge in [-0.05, 0) is 18.2 Å². The Bertz CT molecular complexity index is 626. The molecule has 0 spiro atoms. The zero-order valence-corrected chi connectivity index (χ0v) is 10.2. The van der Waals surface area contributed by atoms with Gasteiger partial charge in [-0.25, -0.2) is 4.98 Å². The second-order valence-corrected chi connectivity index (χ2v) is 4.13. The summed E-state index contributed by atoms with van der Waals surface area (Å²) < 4.78 is 38.6. The van der Waals surface area contributed by atoms with Gasteiger partial charge in [0.25, 0.3) is 0 Å². The number of rotatable bonds is 2. The summed E-state index contributed by atoms with van der Waals surface area (Å²) in [4.78, 5) is 14.6. The van der Waals surface area contributed by atoms with Crippen molar-refractivity contribution in [2.24, 2.45) is 0 Å². The molecule has 0 amide bonds. The third kappa shape index (κ3) is 2.76. The molecule has 0 fully saturated rings. The van der Waals surface area contributed by atoms with Gasteiger partial charge in [-0.2, -0.15) is 13.2 Å². The Morgan fingerprint density at radius 2 is 1.79 bits per heavy atom. The number of hydrogen-bond acceptors (Lipinski definition) is 2. The Labute approximate surface area is 111 Å². The first-order valence-corrected chi connectivity index (χ1v) is 5.59. The molecule has 2 nitrogen and oxygen atoms in total. The summed E-state index contributed by atoms with van der Waals surface area (Å²) >= 11 is 5.70. The average Bonchev–Trinajstić information content (AvgIpc) is 2.38. The molecule has 0 unspecified atom stereocenters. The Morgan fingerprint density at radius 3 is 2.42 bits per heavy atom. The van der Waals surface area contributed by atoms with E-state index < -0.39 is 11.7 Å². The molecule has 0 aliphatic carbocycles. The number of halogens is 4. The number of pyridine rings is 1. The number of benzene rings is 1. The Hall–Kier alpha value is -1.88. The number of aromatic nitrogens is 1. The van der Waals surface area contributed by atoms with E-state index in [0.29, 0.717) is 6.29 Å². The fourth-order valence-corrected chi connectivity index (χ4v) is 1.79. The highest BCUT2D eigenvalue weighted by molar-refractivity contribution is 6.32. The molecule has 0 atom stereocenters. The Kier molecular flexibility index (Phi) is 3.57. The molecule has 6 heteroatoms. The van der Waals surface area contributed by atoms with Crippen LogP contribution in [0.5, 0.6) is 0 Å². The first-order chi connectivity index (χ1) is 8.93. The van der Waals surface area contributed by atoms with Gasteiger partial charge >= 0.3 is 6.18 Å². The summed E-state index contributed by atoms with van der Waals surface area (Å²) in [6.45, 7) is 0. The lowest BCUT2D eigenvalue weighted by atomic mass is 10.0. The quantitative estimate of drug-likeness (QED) is 0.773. The summed E-state index contributed by atoms with van der Waals surface area (Å²) in [7, 11) is 0. The van der Waals surface area contributed by atoms with Crippen LogP contribution in [-0.2, 0) is 6.18 Å². The van der Waals surface area contributed by atoms with Crippen LogP contribution < -0.4 is 0 Å². The lowest BCUT2D eigenvalue weighted by Crippen LogP contribution is -2.07. The molecule has 0 N–H and O–H groups in total. The van der Waals surface area contributed by atoms with Crippen molar-refractivity contribution < 1.29 is 18.0 Å². The first kappa shape index (κ1) is 13.5. The van der Waals surface area contributed by atoms with Gasteiger partial charge in [-0.15, -0.1) is 0 Å². The molecule has 0 aliphatic rings. The molecule has 0 saturated heterocycles. The molecule has 0 saturated carbocycles. The van der Waals surface area contributed by atoms with Crippen LogP contribution in [0.3, 0.4) is 0 Å². The van der Waals surface area contributed by atoms with Gasteiger partial charge in [0.15, 0.2) is 6.29 Å². The number of hydrogen-bond donors (Lipinski definition) is 0. The molecule has 19 heavy (non-hydrogen) atoms. The van der Waals surface area contributed by atoms with Crippen molar-refractivity contribution in [1.82, 2.24) is 4.98 Å². The molecule has 2 aromatic rings. The summed E-state index contributed by atoms with van der Waals surface area (Å²) in [5.74, 6) is 0. The number of aldehydes is 1. The van der Waals surface area contributed by atoms with Gasteiger partial charge < -0.3 is 0 Å². The molecule has 0 aliphatic heterocycles. The summed E-state index contributed by atoms with van der Waals surface area (Å²) in [6, 6.07) is 7.73. The van der Waals surface area contributed by atoms with Crippen LogP contribution in [0.1, 0.15) is 16.1 Å². The van der Waals surface area contributed by atoms with E-state index in [9.17, 15) is 18.0 Å². The minimum Gasteiger partial charge on any atom is -0.296 e. The topological polar surface area (TPSA) is 30.0 Å². The molecule has 1 aromatic carbocycles. The highest BCUT2D eigenvalue weighted by Gasteiger charge is 2.33. The summed E-state index contributed by atoms with van der Waals surface area (Å²) in [5, 5.41) is 0.100. The SMILES string of the molecule is O=Cc1nc(-c2ccccc2C(F)(F)F)ccc1Cl. The normalized spacial score (nSPS) is 11.4. The molecule has 0 bridgehead atoms. The minimum atomic E-state index is -4.49. The van der Waals surface area contributed by atoms with Gasteiger partial charge in [0.05, 0.1) is 16.3 Å². The fourth-order valence-electron chi connectivity index (χ4n) is 1.64.